The van der Waals surface area contributed by atoms with E-state index in [0.717, 1.165) is 53.4 Å². The number of sulfonamides is 1. The van der Waals surface area contributed by atoms with Crippen LogP contribution in [0.3, 0.4) is 0 Å². The quantitative estimate of drug-likeness (QED) is 0.369. The highest BCUT2D eigenvalue weighted by molar-refractivity contribution is 7.92. The third-order valence-electron chi connectivity index (χ3n) is 6.57. The lowest BCUT2D eigenvalue weighted by molar-refractivity contribution is 0.102. The predicted molar refractivity (Wildman–Crippen MR) is 146 cm³/mol. The Hall–Kier alpha value is -3.63. The Morgan fingerprint density at radius 3 is 2.50 bits per heavy atom. The van der Waals surface area contributed by atoms with Gasteiger partial charge in [0.15, 0.2) is 0 Å². The van der Waals surface area contributed by atoms with E-state index < -0.39 is 10.0 Å². The second-order valence-electron chi connectivity index (χ2n) is 9.41. The SMILES string of the molecule is CN(C)c1cccc(C(=O)Nc2ccc3[nH]c4cnc(N(C5CCNCC5)S(C)(=O)=O)cc4c3c2)c1. The lowest BCUT2D eigenvalue weighted by Crippen LogP contribution is -2.46. The van der Waals surface area contributed by atoms with Crippen LogP contribution in [-0.4, -0.2) is 63.8 Å². The van der Waals surface area contributed by atoms with Crippen LogP contribution in [0.5, 0.6) is 0 Å². The molecule has 2 aromatic carbocycles. The molecule has 0 atom stereocenters. The topological polar surface area (TPSA) is 110 Å². The maximum absolute atomic E-state index is 12.9. The average molecular weight is 507 g/mol. The second-order valence-corrected chi connectivity index (χ2v) is 11.3. The van der Waals surface area contributed by atoms with Gasteiger partial charge >= 0.3 is 0 Å². The summed E-state index contributed by atoms with van der Waals surface area (Å²) in [5.74, 6) is 0.210. The average Bonchev–Trinajstić information content (AvgIpc) is 3.21. The number of anilines is 3. The molecule has 0 saturated carbocycles. The van der Waals surface area contributed by atoms with E-state index in [1.165, 1.54) is 10.6 Å². The highest BCUT2D eigenvalue weighted by Gasteiger charge is 2.29. The largest absolute Gasteiger partial charge is 0.378 e. The van der Waals surface area contributed by atoms with Gasteiger partial charge in [-0.25, -0.2) is 13.4 Å². The van der Waals surface area contributed by atoms with Gasteiger partial charge in [-0.05, 0) is 68.4 Å². The fourth-order valence-corrected chi connectivity index (χ4v) is 5.98. The minimum Gasteiger partial charge on any atom is -0.378 e. The van der Waals surface area contributed by atoms with Gasteiger partial charge in [0.05, 0.1) is 18.0 Å². The summed E-state index contributed by atoms with van der Waals surface area (Å²) < 4.78 is 27.0. The van der Waals surface area contributed by atoms with Crippen molar-refractivity contribution in [1.29, 1.82) is 0 Å². The van der Waals surface area contributed by atoms with Gasteiger partial charge in [0.2, 0.25) is 10.0 Å². The number of carbonyl (C=O) groups excluding carboxylic acids is 1. The molecule has 0 unspecified atom stereocenters. The van der Waals surface area contributed by atoms with Crippen LogP contribution in [0.25, 0.3) is 21.8 Å². The van der Waals surface area contributed by atoms with Crippen LogP contribution >= 0.6 is 0 Å². The Morgan fingerprint density at radius 1 is 1.03 bits per heavy atom. The van der Waals surface area contributed by atoms with Gasteiger partial charge in [-0.1, -0.05) is 6.07 Å². The number of H-pyrrole nitrogens is 1. The molecule has 1 fully saturated rings. The highest BCUT2D eigenvalue weighted by atomic mass is 32.2. The molecule has 1 aliphatic heterocycles. The minimum atomic E-state index is -3.51. The number of carbonyl (C=O) groups is 1. The molecular formula is C26H30N6O3S. The van der Waals surface area contributed by atoms with Gasteiger partial charge in [-0.2, -0.15) is 0 Å². The number of hydrogen-bond acceptors (Lipinski definition) is 6. The normalized spacial score (nSPS) is 14.8. The molecule has 36 heavy (non-hydrogen) atoms. The van der Waals surface area contributed by atoms with E-state index in [2.05, 4.69) is 20.6 Å². The van der Waals surface area contributed by atoms with E-state index in [0.29, 0.717) is 17.1 Å². The number of piperidine rings is 1. The number of nitrogens with zero attached hydrogens (tertiary/aromatic N) is 3. The summed E-state index contributed by atoms with van der Waals surface area (Å²) in [6.07, 6.45) is 4.36. The fraction of sp³-hybridized carbons (Fsp3) is 0.308. The molecule has 2 aromatic heterocycles. The molecular weight excluding hydrogens is 476 g/mol. The molecule has 0 radical (unpaired) electrons. The number of amides is 1. The zero-order valence-electron chi connectivity index (χ0n) is 20.6. The van der Waals surface area contributed by atoms with Crippen LogP contribution in [0, 0.1) is 0 Å². The van der Waals surface area contributed by atoms with Gasteiger partial charge in [-0.3, -0.25) is 9.10 Å². The van der Waals surface area contributed by atoms with Crippen LogP contribution in [0.1, 0.15) is 23.2 Å². The van der Waals surface area contributed by atoms with E-state index >= 15 is 0 Å². The Bertz CT molecular complexity index is 1540. The summed E-state index contributed by atoms with van der Waals surface area (Å²) in [5.41, 5.74) is 3.84. The van der Waals surface area contributed by atoms with Crippen LogP contribution in [0.2, 0.25) is 0 Å². The number of hydrogen-bond donors (Lipinski definition) is 3. The van der Waals surface area contributed by atoms with Crippen molar-refractivity contribution in [1.82, 2.24) is 15.3 Å². The fourth-order valence-electron chi connectivity index (χ4n) is 4.78. The molecule has 4 aromatic rings. The van der Waals surface area contributed by atoms with Crippen molar-refractivity contribution in [2.45, 2.75) is 18.9 Å². The molecule has 3 N–H and O–H groups in total. The van der Waals surface area contributed by atoms with E-state index in [9.17, 15) is 13.2 Å². The standard InChI is InChI=1S/C26H30N6O3S/c1-31(2)20-6-4-5-17(13-20)26(33)29-18-7-8-23-21(14-18)22-15-25(28-16-24(22)30-23)32(36(3,34)35)19-9-11-27-12-10-19/h4-8,13-16,19,27,30H,9-12H2,1-3H3,(H,29,33). The summed E-state index contributed by atoms with van der Waals surface area (Å²) in [5, 5.41) is 8.00. The first-order valence-electron chi connectivity index (χ1n) is 11.9. The number of pyridine rings is 1. The summed E-state index contributed by atoms with van der Waals surface area (Å²) in [4.78, 5) is 22.7. The predicted octanol–water partition coefficient (Wildman–Crippen LogP) is 3.55. The number of aromatic nitrogens is 2. The van der Waals surface area contributed by atoms with Gasteiger partial charge in [0.25, 0.3) is 5.91 Å². The molecule has 0 spiro atoms. The van der Waals surface area contributed by atoms with Crippen LogP contribution < -0.4 is 19.8 Å². The van der Waals surface area contributed by atoms with Crippen molar-refractivity contribution in [2.75, 3.05) is 48.0 Å². The number of rotatable bonds is 6. The first-order valence-corrected chi connectivity index (χ1v) is 13.8. The number of benzene rings is 2. The smallest absolute Gasteiger partial charge is 0.255 e. The number of aromatic amines is 1. The van der Waals surface area contributed by atoms with Crippen LogP contribution in [0.4, 0.5) is 17.2 Å². The Labute approximate surface area is 210 Å². The van der Waals surface area contributed by atoms with Crippen LogP contribution in [-0.2, 0) is 10.0 Å². The van der Waals surface area contributed by atoms with E-state index in [1.807, 2.05) is 61.5 Å². The third-order valence-corrected chi connectivity index (χ3v) is 7.77. The van der Waals surface area contributed by atoms with Crippen molar-refractivity contribution >= 4 is 54.9 Å². The Morgan fingerprint density at radius 2 is 1.78 bits per heavy atom. The maximum Gasteiger partial charge on any atom is 0.255 e. The second kappa shape index (κ2) is 9.44. The van der Waals surface area contributed by atoms with E-state index in [1.54, 1.807) is 12.3 Å². The lowest BCUT2D eigenvalue weighted by Gasteiger charge is -2.33. The summed E-state index contributed by atoms with van der Waals surface area (Å²) >= 11 is 0. The summed E-state index contributed by atoms with van der Waals surface area (Å²) in [7, 11) is 0.349. The first kappa shape index (κ1) is 24.1. The van der Waals surface area contributed by atoms with E-state index in [-0.39, 0.29) is 11.9 Å². The van der Waals surface area contributed by atoms with Crippen molar-refractivity contribution in [3.05, 3.63) is 60.3 Å². The van der Waals surface area contributed by atoms with Crippen molar-refractivity contribution in [3.8, 4) is 0 Å². The molecule has 10 heteroatoms. The lowest BCUT2D eigenvalue weighted by atomic mass is 10.1. The molecule has 188 valence electrons. The number of fused-ring (bicyclic) bond motifs is 3. The first-order chi connectivity index (χ1) is 17.2. The van der Waals surface area contributed by atoms with Crippen molar-refractivity contribution in [3.63, 3.8) is 0 Å². The zero-order chi connectivity index (χ0) is 25.4. The molecule has 0 aliphatic carbocycles. The molecule has 1 aliphatic rings. The summed E-state index contributed by atoms with van der Waals surface area (Å²) in [6.45, 7) is 1.54. The minimum absolute atomic E-state index is 0.135. The summed E-state index contributed by atoms with van der Waals surface area (Å²) in [6, 6.07) is 14.8. The van der Waals surface area contributed by atoms with Crippen LogP contribution in [0.15, 0.2) is 54.7 Å². The Kier molecular flexibility index (Phi) is 6.31. The molecule has 9 nitrogen and oxygen atoms in total. The molecule has 3 heterocycles. The molecule has 5 rings (SSSR count). The van der Waals surface area contributed by atoms with Gasteiger partial charge in [0.1, 0.15) is 5.82 Å². The zero-order valence-corrected chi connectivity index (χ0v) is 21.4. The molecule has 1 amide bonds. The van der Waals surface area contributed by atoms with Crippen molar-refractivity contribution in [2.24, 2.45) is 0 Å². The molecule has 0 bridgehead atoms. The highest BCUT2D eigenvalue weighted by Crippen LogP contribution is 2.32. The number of nitrogens with one attached hydrogen (secondary N) is 3. The monoisotopic (exact) mass is 506 g/mol. The molecule has 1 saturated heterocycles. The van der Waals surface area contributed by atoms with Gasteiger partial charge in [0, 0.05) is 53.4 Å². The van der Waals surface area contributed by atoms with Gasteiger partial charge < -0.3 is 20.5 Å². The Balaban J connectivity index is 1.50. The van der Waals surface area contributed by atoms with Gasteiger partial charge in [-0.15, -0.1) is 0 Å². The maximum atomic E-state index is 12.9. The van der Waals surface area contributed by atoms with Crippen molar-refractivity contribution < 1.29 is 13.2 Å². The third kappa shape index (κ3) is 4.74. The van der Waals surface area contributed by atoms with E-state index in [4.69, 9.17) is 0 Å².